The molecule has 0 N–H and O–H groups in total. The maximum Gasteiger partial charge on any atom is 0.183 e. The van der Waals surface area contributed by atoms with E-state index in [2.05, 4.69) is 14.6 Å². The molecule has 0 amide bonds. The summed E-state index contributed by atoms with van der Waals surface area (Å²) in [5.41, 5.74) is 0.630. The quantitative estimate of drug-likeness (QED) is 0.802. The molecule has 2 aromatic rings. The molecule has 2 rings (SSSR count). The third-order valence-corrected chi connectivity index (χ3v) is 3.79. The van der Waals surface area contributed by atoms with Gasteiger partial charge in [0.15, 0.2) is 5.78 Å². The van der Waals surface area contributed by atoms with Crippen LogP contribution in [-0.2, 0) is 11.8 Å². The van der Waals surface area contributed by atoms with Crippen molar-refractivity contribution in [3.63, 3.8) is 0 Å². The predicted octanol–water partition coefficient (Wildman–Crippen LogP) is 2.72. The smallest absolute Gasteiger partial charge is 0.183 e. The molecule has 2 heterocycles. The standard InChI is InChI=1S/C11H13N3OS2/c1-11(2,3)10-9(17-14-13-10)7(15)6-8-12-4-5-16-8/h4-5H,6H2,1-3H3. The lowest BCUT2D eigenvalue weighted by Crippen LogP contribution is -2.17. The zero-order valence-electron chi connectivity index (χ0n) is 9.93. The number of rotatable bonds is 3. The number of thiazole rings is 1. The average Bonchev–Trinajstić information content (AvgIpc) is 2.85. The molecule has 0 spiro atoms. The number of Topliss-reactive ketones (excluding diaryl/α,β-unsaturated/α-hetero) is 1. The Morgan fingerprint density at radius 3 is 2.76 bits per heavy atom. The van der Waals surface area contributed by atoms with E-state index in [0.29, 0.717) is 11.3 Å². The molecule has 0 aliphatic carbocycles. The Morgan fingerprint density at radius 2 is 2.18 bits per heavy atom. The van der Waals surface area contributed by atoms with Crippen molar-refractivity contribution >= 4 is 28.7 Å². The van der Waals surface area contributed by atoms with E-state index in [4.69, 9.17) is 0 Å². The van der Waals surface area contributed by atoms with E-state index in [-0.39, 0.29) is 11.2 Å². The highest BCUT2D eigenvalue weighted by Gasteiger charge is 2.26. The fourth-order valence-electron chi connectivity index (χ4n) is 1.42. The summed E-state index contributed by atoms with van der Waals surface area (Å²) in [5, 5.41) is 6.78. The van der Waals surface area contributed by atoms with Crippen LogP contribution in [0.1, 0.15) is 41.1 Å². The zero-order chi connectivity index (χ0) is 12.5. The summed E-state index contributed by atoms with van der Waals surface area (Å²) in [6.45, 7) is 6.09. The van der Waals surface area contributed by atoms with Crippen LogP contribution < -0.4 is 0 Å². The lowest BCUT2D eigenvalue weighted by atomic mass is 9.90. The molecule has 0 aliphatic heterocycles. The van der Waals surface area contributed by atoms with E-state index in [1.807, 2.05) is 26.2 Å². The Bertz CT molecular complexity index is 511. The van der Waals surface area contributed by atoms with E-state index in [1.54, 1.807) is 6.20 Å². The Balaban J connectivity index is 2.23. The lowest BCUT2D eigenvalue weighted by Gasteiger charge is -2.15. The molecule has 2 aromatic heterocycles. The van der Waals surface area contributed by atoms with E-state index in [1.165, 1.54) is 22.9 Å². The van der Waals surface area contributed by atoms with Crippen LogP contribution in [-0.4, -0.2) is 20.4 Å². The fourth-order valence-corrected chi connectivity index (χ4v) is 2.85. The van der Waals surface area contributed by atoms with Crippen LogP contribution in [0.3, 0.4) is 0 Å². The molecule has 0 saturated heterocycles. The molecular weight excluding hydrogens is 254 g/mol. The first-order valence-electron chi connectivity index (χ1n) is 5.23. The molecule has 0 aromatic carbocycles. The van der Waals surface area contributed by atoms with Crippen LogP contribution in [0, 0.1) is 0 Å². The van der Waals surface area contributed by atoms with Gasteiger partial charge in [-0.1, -0.05) is 25.3 Å². The molecule has 6 heteroatoms. The summed E-state index contributed by atoms with van der Waals surface area (Å²) in [4.78, 5) is 16.9. The van der Waals surface area contributed by atoms with E-state index in [9.17, 15) is 4.79 Å². The van der Waals surface area contributed by atoms with Gasteiger partial charge in [0.2, 0.25) is 0 Å². The molecular formula is C11H13N3OS2. The number of hydrogen-bond acceptors (Lipinski definition) is 6. The second-order valence-electron chi connectivity index (χ2n) is 4.73. The second kappa shape index (κ2) is 4.62. The number of ketones is 1. The Morgan fingerprint density at radius 1 is 1.41 bits per heavy atom. The van der Waals surface area contributed by atoms with Gasteiger partial charge in [-0.3, -0.25) is 4.79 Å². The van der Waals surface area contributed by atoms with Crippen LogP contribution in [0.25, 0.3) is 0 Å². The Hall–Kier alpha value is -1.14. The van der Waals surface area contributed by atoms with Gasteiger partial charge in [-0.25, -0.2) is 4.98 Å². The van der Waals surface area contributed by atoms with Crippen molar-refractivity contribution in [1.29, 1.82) is 0 Å². The second-order valence-corrected chi connectivity index (χ2v) is 6.46. The van der Waals surface area contributed by atoms with Crippen LogP contribution in [0.15, 0.2) is 11.6 Å². The van der Waals surface area contributed by atoms with E-state index in [0.717, 1.165) is 10.7 Å². The number of aromatic nitrogens is 3. The maximum atomic E-state index is 12.1. The van der Waals surface area contributed by atoms with Crippen molar-refractivity contribution in [2.24, 2.45) is 0 Å². The fraction of sp³-hybridized carbons (Fsp3) is 0.455. The van der Waals surface area contributed by atoms with Gasteiger partial charge in [-0.2, -0.15) is 0 Å². The average molecular weight is 267 g/mol. The van der Waals surface area contributed by atoms with Gasteiger partial charge < -0.3 is 0 Å². The predicted molar refractivity (Wildman–Crippen MR) is 68.8 cm³/mol. The minimum Gasteiger partial charge on any atom is -0.293 e. The summed E-state index contributed by atoms with van der Waals surface area (Å²) in [5.74, 6) is 0.0554. The molecule has 4 nitrogen and oxygen atoms in total. The van der Waals surface area contributed by atoms with Gasteiger partial charge >= 0.3 is 0 Å². The van der Waals surface area contributed by atoms with Crippen molar-refractivity contribution in [1.82, 2.24) is 14.6 Å². The monoisotopic (exact) mass is 267 g/mol. The van der Waals surface area contributed by atoms with Crippen molar-refractivity contribution in [3.05, 3.63) is 27.2 Å². The summed E-state index contributed by atoms with van der Waals surface area (Å²) in [6.07, 6.45) is 2.05. The third kappa shape index (κ3) is 2.76. The van der Waals surface area contributed by atoms with Gasteiger partial charge in [0.25, 0.3) is 0 Å². The Labute approximate surface area is 108 Å². The van der Waals surface area contributed by atoms with Crippen LogP contribution in [0.2, 0.25) is 0 Å². The van der Waals surface area contributed by atoms with E-state index >= 15 is 0 Å². The SMILES string of the molecule is CC(C)(C)c1nnsc1C(=O)Cc1nccs1. The first-order valence-corrected chi connectivity index (χ1v) is 6.88. The minimum atomic E-state index is -0.152. The highest BCUT2D eigenvalue weighted by atomic mass is 32.1. The molecule has 17 heavy (non-hydrogen) atoms. The van der Waals surface area contributed by atoms with Gasteiger partial charge in [0, 0.05) is 17.0 Å². The van der Waals surface area contributed by atoms with Gasteiger partial charge in [0.1, 0.15) is 9.88 Å². The maximum absolute atomic E-state index is 12.1. The van der Waals surface area contributed by atoms with Crippen molar-refractivity contribution in [2.75, 3.05) is 0 Å². The molecule has 0 atom stereocenters. The highest BCUT2D eigenvalue weighted by Crippen LogP contribution is 2.26. The third-order valence-electron chi connectivity index (χ3n) is 2.25. The van der Waals surface area contributed by atoms with E-state index < -0.39 is 0 Å². The Kier molecular flexibility index (Phi) is 3.35. The van der Waals surface area contributed by atoms with Crippen molar-refractivity contribution in [3.8, 4) is 0 Å². The van der Waals surface area contributed by atoms with Crippen LogP contribution in [0.4, 0.5) is 0 Å². The summed E-state index contributed by atoms with van der Waals surface area (Å²) in [6, 6.07) is 0. The molecule has 0 aliphatic rings. The van der Waals surface area contributed by atoms with Gasteiger partial charge in [0.05, 0.1) is 12.1 Å². The largest absolute Gasteiger partial charge is 0.293 e. The number of hydrogen-bond donors (Lipinski definition) is 0. The molecule has 0 unspecified atom stereocenters. The first-order chi connectivity index (χ1) is 7.98. The molecule has 90 valence electrons. The number of carbonyl (C=O) groups excluding carboxylic acids is 1. The molecule has 0 saturated carbocycles. The van der Waals surface area contributed by atoms with Gasteiger partial charge in [-0.15, -0.1) is 16.4 Å². The number of carbonyl (C=O) groups is 1. The summed E-state index contributed by atoms with van der Waals surface area (Å²) < 4.78 is 3.89. The summed E-state index contributed by atoms with van der Waals surface area (Å²) >= 11 is 2.67. The molecule has 0 radical (unpaired) electrons. The topological polar surface area (TPSA) is 55.7 Å². The highest BCUT2D eigenvalue weighted by molar-refractivity contribution is 7.10. The lowest BCUT2D eigenvalue weighted by molar-refractivity contribution is 0.0994. The molecule has 0 fully saturated rings. The van der Waals surface area contributed by atoms with Crippen LogP contribution >= 0.6 is 22.9 Å². The normalized spacial score (nSPS) is 11.7. The summed E-state index contributed by atoms with van der Waals surface area (Å²) in [7, 11) is 0. The van der Waals surface area contributed by atoms with Crippen molar-refractivity contribution < 1.29 is 4.79 Å². The molecule has 0 bridgehead atoms. The first kappa shape index (κ1) is 12.3. The van der Waals surface area contributed by atoms with Crippen LogP contribution in [0.5, 0.6) is 0 Å². The minimum absolute atomic E-state index is 0.0554. The van der Waals surface area contributed by atoms with Crippen molar-refractivity contribution in [2.45, 2.75) is 32.6 Å². The van der Waals surface area contributed by atoms with Gasteiger partial charge in [-0.05, 0) is 11.5 Å². The number of nitrogens with zero attached hydrogens (tertiary/aromatic N) is 3. The zero-order valence-corrected chi connectivity index (χ0v) is 11.6.